The molecular weight excluding hydrogens is 599 g/mol. The van der Waals surface area contributed by atoms with Crippen molar-refractivity contribution in [2.75, 3.05) is 16.8 Å². The summed E-state index contributed by atoms with van der Waals surface area (Å²) >= 11 is 2.98. The highest BCUT2D eigenvalue weighted by atomic mass is 79.9. The summed E-state index contributed by atoms with van der Waals surface area (Å²) in [4.78, 5) is 34.7. The average molecular weight is 621 g/mol. The van der Waals surface area contributed by atoms with Gasteiger partial charge < -0.3 is 15.1 Å². The van der Waals surface area contributed by atoms with Crippen molar-refractivity contribution in [2.24, 2.45) is 5.92 Å². The molecule has 1 aliphatic rings. The fourth-order valence-electron chi connectivity index (χ4n) is 3.97. The Morgan fingerprint density at radius 2 is 1.85 bits per heavy atom. The van der Waals surface area contributed by atoms with Gasteiger partial charge in [0, 0.05) is 11.0 Å². The van der Waals surface area contributed by atoms with Crippen LogP contribution in [0.4, 0.5) is 39.1 Å². The molecule has 1 aliphatic carbocycles. The summed E-state index contributed by atoms with van der Waals surface area (Å²) in [5.41, 5.74) is -5.12. The van der Waals surface area contributed by atoms with Crippen LogP contribution in [0, 0.1) is 18.3 Å². The van der Waals surface area contributed by atoms with Crippen LogP contribution in [0.25, 0.3) is 4.85 Å². The Balaban J connectivity index is 1.71. The van der Waals surface area contributed by atoms with Crippen molar-refractivity contribution in [3.8, 4) is 0 Å². The van der Waals surface area contributed by atoms with Gasteiger partial charge in [0.15, 0.2) is 5.82 Å². The van der Waals surface area contributed by atoms with E-state index in [2.05, 4.69) is 31.1 Å². The fraction of sp³-hybridized carbons (Fsp3) is 0.286. The number of nitrogens with one attached hydrogen (secondary N) is 1. The van der Waals surface area contributed by atoms with Crippen molar-refractivity contribution in [1.82, 2.24) is 4.98 Å². The van der Waals surface area contributed by atoms with Gasteiger partial charge in [0.05, 0.1) is 28.1 Å². The molecule has 6 nitrogen and oxygen atoms in total. The lowest BCUT2D eigenvalue weighted by atomic mass is 9.96. The Labute approximate surface area is 235 Å². The smallest absolute Gasteiger partial charge is 0.361 e. The first-order chi connectivity index (χ1) is 18.7. The molecule has 208 valence electrons. The first kappa shape index (κ1) is 29.1. The molecule has 40 heavy (non-hydrogen) atoms. The number of hydrogen-bond acceptors (Lipinski definition) is 3. The number of halogens is 6. The predicted molar refractivity (Wildman–Crippen MR) is 143 cm³/mol. The Kier molecular flexibility index (Phi) is 7.99. The SMILES string of the molecule is [C-]#[N+]c1ccc(C(=O)N(CC2CC2)c2cccc(C(=O)Nc3c(Br)cc(C(C)(C)F)cc3C(F)(F)F)c2F)cn1. The van der Waals surface area contributed by atoms with Crippen molar-refractivity contribution in [3.63, 3.8) is 0 Å². The van der Waals surface area contributed by atoms with Crippen LogP contribution in [0.5, 0.6) is 0 Å². The van der Waals surface area contributed by atoms with Gasteiger partial charge in [-0.25, -0.2) is 8.78 Å². The quantitative estimate of drug-likeness (QED) is 0.214. The zero-order valence-electron chi connectivity index (χ0n) is 21.2. The molecule has 0 spiro atoms. The second kappa shape index (κ2) is 11.0. The lowest BCUT2D eigenvalue weighted by Gasteiger charge is -2.24. The van der Waals surface area contributed by atoms with E-state index in [4.69, 9.17) is 6.57 Å². The molecule has 1 saturated carbocycles. The predicted octanol–water partition coefficient (Wildman–Crippen LogP) is 8.07. The van der Waals surface area contributed by atoms with Crippen LogP contribution in [-0.2, 0) is 11.8 Å². The number of carbonyl (C=O) groups excluding carboxylic acids is 2. The van der Waals surface area contributed by atoms with Gasteiger partial charge >= 0.3 is 6.18 Å². The van der Waals surface area contributed by atoms with Crippen LogP contribution in [0.2, 0.25) is 0 Å². The van der Waals surface area contributed by atoms with Crippen molar-refractivity contribution in [3.05, 3.63) is 92.6 Å². The van der Waals surface area contributed by atoms with Gasteiger partial charge in [-0.1, -0.05) is 18.7 Å². The Morgan fingerprint density at radius 3 is 2.40 bits per heavy atom. The van der Waals surface area contributed by atoms with E-state index in [9.17, 15) is 27.2 Å². The van der Waals surface area contributed by atoms with E-state index in [1.165, 1.54) is 30.5 Å². The summed E-state index contributed by atoms with van der Waals surface area (Å²) < 4.78 is 71.7. The molecule has 2 amide bonds. The number of aromatic nitrogens is 1. The third-order valence-electron chi connectivity index (χ3n) is 6.33. The molecule has 1 fully saturated rings. The van der Waals surface area contributed by atoms with Crippen LogP contribution in [0.15, 0.2) is 53.1 Å². The van der Waals surface area contributed by atoms with E-state index in [0.717, 1.165) is 43.7 Å². The maximum absolute atomic E-state index is 15.8. The summed E-state index contributed by atoms with van der Waals surface area (Å²) in [5.74, 6) is -2.73. The number of nitrogens with zero attached hydrogens (tertiary/aromatic N) is 3. The molecule has 0 radical (unpaired) electrons. The lowest BCUT2D eigenvalue weighted by molar-refractivity contribution is -0.137. The highest BCUT2D eigenvalue weighted by Crippen LogP contribution is 2.42. The van der Waals surface area contributed by atoms with Crippen LogP contribution in [0.3, 0.4) is 0 Å². The zero-order chi connectivity index (χ0) is 29.4. The number of rotatable bonds is 7. The molecule has 0 unspecified atom stereocenters. The minimum atomic E-state index is -4.96. The van der Waals surface area contributed by atoms with Gasteiger partial charge in [0.25, 0.3) is 17.6 Å². The summed E-state index contributed by atoms with van der Waals surface area (Å²) in [6.45, 7) is 9.35. The van der Waals surface area contributed by atoms with E-state index in [-0.39, 0.29) is 39.6 Å². The van der Waals surface area contributed by atoms with Crippen LogP contribution >= 0.6 is 15.9 Å². The zero-order valence-corrected chi connectivity index (χ0v) is 22.8. The minimum Gasteiger partial charge on any atom is -0.361 e. The number of benzene rings is 2. The van der Waals surface area contributed by atoms with Gasteiger partial charge in [0.2, 0.25) is 0 Å². The van der Waals surface area contributed by atoms with Gasteiger partial charge in [-0.15, -0.1) is 4.98 Å². The number of alkyl halides is 4. The van der Waals surface area contributed by atoms with E-state index >= 15 is 4.39 Å². The second-order valence-electron chi connectivity index (χ2n) is 9.82. The van der Waals surface area contributed by atoms with Crippen LogP contribution in [0.1, 0.15) is 58.5 Å². The van der Waals surface area contributed by atoms with E-state index in [1.807, 2.05) is 0 Å². The van der Waals surface area contributed by atoms with Crippen LogP contribution in [-0.4, -0.2) is 23.3 Å². The summed E-state index contributed by atoms with van der Waals surface area (Å²) in [7, 11) is 0. The molecule has 1 N–H and O–H groups in total. The van der Waals surface area contributed by atoms with E-state index in [1.54, 1.807) is 0 Å². The van der Waals surface area contributed by atoms with Crippen molar-refractivity contribution in [1.29, 1.82) is 0 Å². The van der Waals surface area contributed by atoms with E-state index < -0.39 is 46.3 Å². The Hall–Kier alpha value is -3.85. The second-order valence-corrected chi connectivity index (χ2v) is 10.7. The molecule has 1 heterocycles. The molecule has 12 heteroatoms. The van der Waals surface area contributed by atoms with Crippen molar-refractivity contribution < 1.29 is 31.5 Å². The fourth-order valence-corrected chi connectivity index (χ4v) is 4.53. The van der Waals surface area contributed by atoms with Crippen LogP contribution < -0.4 is 10.2 Å². The van der Waals surface area contributed by atoms with Gasteiger partial charge in [-0.2, -0.15) is 13.2 Å². The summed E-state index contributed by atoms with van der Waals surface area (Å²) in [6, 6.07) is 8.13. The highest BCUT2D eigenvalue weighted by Gasteiger charge is 2.38. The molecule has 2 aromatic carbocycles. The summed E-state index contributed by atoms with van der Waals surface area (Å²) in [5, 5.41) is 2.10. The van der Waals surface area contributed by atoms with Gasteiger partial charge in [0.1, 0.15) is 11.9 Å². The first-order valence-electron chi connectivity index (χ1n) is 12.1. The topological polar surface area (TPSA) is 66.7 Å². The molecule has 0 saturated heterocycles. The third-order valence-corrected chi connectivity index (χ3v) is 6.95. The maximum Gasteiger partial charge on any atom is 0.418 e. The number of hydrogen-bond donors (Lipinski definition) is 1. The largest absolute Gasteiger partial charge is 0.418 e. The lowest BCUT2D eigenvalue weighted by Crippen LogP contribution is -2.34. The van der Waals surface area contributed by atoms with Crippen molar-refractivity contribution >= 4 is 44.9 Å². The molecule has 0 aliphatic heterocycles. The third kappa shape index (κ3) is 6.31. The average Bonchev–Trinajstić information content (AvgIpc) is 3.71. The van der Waals surface area contributed by atoms with E-state index in [0.29, 0.717) is 6.07 Å². The van der Waals surface area contributed by atoms with Crippen molar-refractivity contribution in [2.45, 2.75) is 38.5 Å². The number of anilines is 2. The van der Waals surface area contributed by atoms with Gasteiger partial charge in [-0.05, 0) is 84.4 Å². The first-order valence-corrected chi connectivity index (χ1v) is 12.9. The number of carbonyl (C=O) groups is 2. The molecule has 4 rings (SSSR count). The minimum absolute atomic E-state index is 0.0719. The number of pyridine rings is 1. The Bertz CT molecular complexity index is 1510. The molecular formula is C28H22BrF5N4O2. The molecule has 0 bridgehead atoms. The maximum atomic E-state index is 15.8. The normalized spacial score (nSPS) is 13.5. The molecule has 1 aromatic heterocycles. The molecule has 0 atom stereocenters. The Morgan fingerprint density at radius 1 is 1.15 bits per heavy atom. The highest BCUT2D eigenvalue weighted by molar-refractivity contribution is 9.10. The molecule has 3 aromatic rings. The van der Waals surface area contributed by atoms with Gasteiger partial charge in [-0.3, -0.25) is 9.59 Å². The number of amides is 2. The monoisotopic (exact) mass is 620 g/mol. The standard InChI is InChI=1S/C28H22BrF5N4O2/c1-27(2,31)17-11-19(28(32,33)34)24(20(29)12-17)37-25(39)18-5-4-6-21(23(18)30)38(14-15-7-8-15)26(40)16-9-10-22(35-3)36-13-16/h4-6,9-13,15H,7-8,14H2,1-2H3,(H,37,39). The summed E-state index contributed by atoms with van der Waals surface area (Å²) in [6.07, 6.45) is -2.12.